The van der Waals surface area contributed by atoms with Crippen LogP contribution in [0.3, 0.4) is 0 Å². The number of aromatic hydroxyl groups is 1. The lowest BCUT2D eigenvalue weighted by atomic mass is 9.98. The minimum atomic E-state index is -0.462. The molecule has 1 N–H and O–H groups in total. The number of nitriles is 1. The summed E-state index contributed by atoms with van der Waals surface area (Å²) in [5.41, 5.74) is 0.236. The van der Waals surface area contributed by atoms with Crippen LogP contribution in [0.5, 0.6) is 5.75 Å². The summed E-state index contributed by atoms with van der Waals surface area (Å²) in [5.74, 6) is -0.365. The van der Waals surface area contributed by atoms with Gasteiger partial charge in [0.2, 0.25) is 5.91 Å². The molecular weight excluding hydrogens is 306 g/mol. The van der Waals surface area contributed by atoms with Crippen LogP contribution in [0, 0.1) is 17.2 Å². The predicted octanol–water partition coefficient (Wildman–Crippen LogP) is 1.76. The Morgan fingerprint density at radius 3 is 2.50 bits per heavy atom. The molecular formula is C18H21N3O3. The molecule has 2 fully saturated rings. The fourth-order valence-electron chi connectivity index (χ4n) is 3.52. The number of hydrogen-bond acceptors (Lipinski definition) is 4. The molecule has 6 heteroatoms. The maximum Gasteiger partial charge on any atom is 0.258 e. The average molecular weight is 327 g/mol. The second-order valence-corrected chi connectivity index (χ2v) is 6.40. The van der Waals surface area contributed by atoms with E-state index < -0.39 is 6.04 Å². The number of likely N-dealkylation sites (tertiary alicyclic amines) is 2. The number of carbonyl (C=O) groups is 2. The quantitative estimate of drug-likeness (QED) is 0.897. The van der Waals surface area contributed by atoms with E-state index in [0.717, 1.165) is 6.42 Å². The highest BCUT2D eigenvalue weighted by atomic mass is 16.3. The Hall–Kier alpha value is -2.55. The average Bonchev–Trinajstić information content (AvgIpc) is 3.10. The van der Waals surface area contributed by atoms with Crippen LogP contribution in [0.2, 0.25) is 0 Å². The van der Waals surface area contributed by atoms with Crippen molar-refractivity contribution in [2.24, 2.45) is 5.92 Å². The van der Waals surface area contributed by atoms with E-state index in [4.69, 9.17) is 5.26 Å². The largest absolute Gasteiger partial charge is 0.507 e. The highest BCUT2D eigenvalue weighted by molar-refractivity contribution is 5.99. The monoisotopic (exact) mass is 327 g/mol. The first kappa shape index (κ1) is 16.3. The zero-order valence-corrected chi connectivity index (χ0v) is 13.5. The predicted molar refractivity (Wildman–Crippen MR) is 87.1 cm³/mol. The highest BCUT2D eigenvalue weighted by Crippen LogP contribution is 2.27. The van der Waals surface area contributed by atoms with E-state index in [9.17, 15) is 14.7 Å². The van der Waals surface area contributed by atoms with Crippen molar-refractivity contribution in [1.29, 1.82) is 5.26 Å². The summed E-state index contributed by atoms with van der Waals surface area (Å²) >= 11 is 0. The maximum absolute atomic E-state index is 12.8. The van der Waals surface area contributed by atoms with Crippen LogP contribution >= 0.6 is 0 Å². The van der Waals surface area contributed by atoms with Gasteiger partial charge in [0.1, 0.15) is 11.8 Å². The maximum atomic E-state index is 12.8. The summed E-state index contributed by atoms with van der Waals surface area (Å²) in [4.78, 5) is 28.9. The van der Waals surface area contributed by atoms with Gasteiger partial charge >= 0.3 is 0 Å². The van der Waals surface area contributed by atoms with E-state index in [-0.39, 0.29) is 29.0 Å². The Kier molecular flexibility index (Phi) is 4.70. The molecule has 2 aliphatic rings. The van der Waals surface area contributed by atoms with Crippen LogP contribution in [0.1, 0.15) is 36.0 Å². The van der Waals surface area contributed by atoms with Crippen molar-refractivity contribution in [2.75, 3.05) is 19.6 Å². The van der Waals surface area contributed by atoms with Gasteiger partial charge in [-0.05, 0) is 37.8 Å². The molecule has 2 heterocycles. The van der Waals surface area contributed by atoms with Crippen molar-refractivity contribution >= 4 is 11.8 Å². The molecule has 6 nitrogen and oxygen atoms in total. The van der Waals surface area contributed by atoms with Crippen molar-refractivity contribution in [3.63, 3.8) is 0 Å². The first-order valence-corrected chi connectivity index (χ1v) is 8.39. The normalized spacial score (nSPS) is 21.5. The van der Waals surface area contributed by atoms with Crippen LogP contribution in [-0.4, -0.2) is 52.4 Å². The van der Waals surface area contributed by atoms with E-state index >= 15 is 0 Å². The molecule has 2 saturated heterocycles. The molecule has 1 atom stereocenters. The Labute approximate surface area is 141 Å². The summed E-state index contributed by atoms with van der Waals surface area (Å²) in [5, 5.41) is 18.9. The molecule has 0 spiro atoms. The molecule has 126 valence electrons. The summed E-state index contributed by atoms with van der Waals surface area (Å²) in [6, 6.07) is 8.22. The molecule has 0 aliphatic carbocycles. The van der Waals surface area contributed by atoms with Gasteiger partial charge in [0.15, 0.2) is 0 Å². The zero-order valence-electron chi connectivity index (χ0n) is 13.5. The van der Waals surface area contributed by atoms with Gasteiger partial charge in [0.25, 0.3) is 5.91 Å². The number of nitrogens with zero attached hydrogens (tertiary/aromatic N) is 3. The third-order valence-electron chi connectivity index (χ3n) is 4.92. The van der Waals surface area contributed by atoms with E-state index in [2.05, 4.69) is 6.07 Å². The SMILES string of the molecule is N#CC1CCN(C(=O)C2CCCN2C(=O)c2ccccc2O)CC1. The third-order valence-corrected chi connectivity index (χ3v) is 4.92. The van der Waals surface area contributed by atoms with Crippen LogP contribution < -0.4 is 0 Å². The summed E-state index contributed by atoms with van der Waals surface area (Å²) in [7, 11) is 0. The molecule has 0 radical (unpaired) electrons. The van der Waals surface area contributed by atoms with Crippen molar-refractivity contribution < 1.29 is 14.7 Å². The second kappa shape index (κ2) is 6.91. The van der Waals surface area contributed by atoms with Gasteiger partial charge in [-0.1, -0.05) is 12.1 Å². The fraction of sp³-hybridized carbons (Fsp3) is 0.500. The Bertz CT molecular complexity index is 674. The van der Waals surface area contributed by atoms with Crippen LogP contribution in [0.4, 0.5) is 0 Å². The topological polar surface area (TPSA) is 84.6 Å². The van der Waals surface area contributed by atoms with Crippen molar-refractivity contribution in [2.45, 2.75) is 31.7 Å². The standard InChI is InChI=1S/C18H21N3O3/c19-12-13-7-10-20(11-8-13)18(24)15-5-3-9-21(15)17(23)14-4-1-2-6-16(14)22/h1-2,4,6,13,15,22H,3,5,7-11H2. The molecule has 2 amide bonds. The number of amides is 2. The molecule has 1 unspecified atom stereocenters. The summed E-state index contributed by atoms with van der Waals surface area (Å²) < 4.78 is 0. The lowest BCUT2D eigenvalue weighted by Gasteiger charge is -2.34. The van der Waals surface area contributed by atoms with Gasteiger partial charge in [-0.15, -0.1) is 0 Å². The molecule has 3 rings (SSSR count). The Morgan fingerprint density at radius 2 is 1.83 bits per heavy atom. The van der Waals surface area contributed by atoms with Gasteiger partial charge in [-0.3, -0.25) is 9.59 Å². The number of phenols is 1. The summed E-state index contributed by atoms with van der Waals surface area (Å²) in [6.07, 6.45) is 2.82. The number of piperidine rings is 1. The Morgan fingerprint density at radius 1 is 1.12 bits per heavy atom. The van der Waals surface area contributed by atoms with E-state index in [1.807, 2.05) is 0 Å². The molecule has 0 bridgehead atoms. The minimum absolute atomic E-state index is 0.0247. The Balaban J connectivity index is 1.72. The molecule has 24 heavy (non-hydrogen) atoms. The smallest absolute Gasteiger partial charge is 0.258 e. The van der Waals surface area contributed by atoms with Crippen molar-refractivity contribution in [3.8, 4) is 11.8 Å². The highest BCUT2D eigenvalue weighted by Gasteiger charge is 2.38. The van der Waals surface area contributed by atoms with Crippen LogP contribution in [0.25, 0.3) is 0 Å². The lowest BCUT2D eigenvalue weighted by Crippen LogP contribution is -2.50. The minimum Gasteiger partial charge on any atom is -0.507 e. The first-order chi connectivity index (χ1) is 11.6. The zero-order chi connectivity index (χ0) is 17.1. The third kappa shape index (κ3) is 3.07. The number of rotatable bonds is 2. The second-order valence-electron chi connectivity index (χ2n) is 6.40. The van der Waals surface area contributed by atoms with Crippen molar-refractivity contribution in [1.82, 2.24) is 9.80 Å². The number of carbonyl (C=O) groups excluding carboxylic acids is 2. The van der Waals surface area contributed by atoms with Gasteiger partial charge in [0, 0.05) is 25.6 Å². The molecule has 0 aromatic heterocycles. The molecule has 1 aromatic carbocycles. The van der Waals surface area contributed by atoms with Gasteiger partial charge in [0.05, 0.1) is 11.6 Å². The lowest BCUT2D eigenvalue weighted by molar-refractivity contribution is -0.136. The number of para-hydroxylation sites is 1. The number of phenolic OH excluding ortho intramolecular Hbond substituents is 1. The number of hydrogen-bond donors (Lipinski definition) is 1. The van der Waals surface area contributed by atoms with Crippen LogP contribution in [-0.2, 0) is 4.79 Å². The molecule has 2 aliphatic heterocycles. The van der Waals surface area contributed by atoms with E-state index in [1.54, 1.807) is 28.0 Å². The molecule has 1 aromatic rings. The molecule has 0 saturated carbocycles. The number of benzene rings is 1. The van der Waals surface area contributed by atoms with E-state index in [1.165, 1.54) is 6.07 Å². The van der Waals surface area contributed by atoms with Gasteiger partial charge < -0.3 is 14.9 Å². The van der Waals surface area contributed by atoms with Gasteiger partial charge in [-0.2, -0.15) is 5.26 Å². The van der Waals surface area contributed by atoms with Crippen LogP contribution in [0.15, 0.2) is 24.3 Å². The van der Waals surface area contributed by atoms with Crippen molar-refractivity contribution in [3.05, 3.63) is 29.8 Å². The van der Waals surface area contributed by atoms with Gasteiger partial charge in [-0.25, -0.2) is 0 Å². The summed E-state index contributed by atoms with van der Waals surface area (Å²) in [6.45, 7) is 1.68. The van der Waals surface area contributed by atoms with E-state index in [0.29, 0.717) is 38.9 Å². The first-order valence-electron chi connectivity index (χ1n) is 8.39. The fourth-order valence-corrected chi connectivity index (χ4v) is 3.52.